The Kier molecular flexibility index (Phi) is 3.55. The number of nitrogens with one attached hydrogen (secondary N) is 1. The number of hydrogen-bond acceptors (Lipinski definition) is 4. The molecule has 1 fully saturated rings. The Labute approximate surface area is 151 Å². The fraction of sp³-hybridized carbons (Fsp3) is 0.300. The minimum atomic E-state index is 0.0530. The van der Waals surface area contributed by atoms with Gasteiger partial charge in [0.1, 0.15) is 6.04 Å². The molecule has 3 atom stereocenters. The molecule has 5 heteroatoms. The lowest BCUT2D eigenvalue weighted by Crippen LogP contribution is -2.35. The molecule has 0 saturated carbocycles. The van der Waals surface area contributed by atoms with Crippen LogP contribution in [0.4, 0.5) is 0 Å². The maximum atomic E-state index is 5.09. The molecule has 126 valence electrons. The number of thioether (sulfide) groups is 1. The molecule has 4 heterocycles. The SMILES string of the molecule is CC[C@H]1CSC2=N[C@H](c3ccccn3)[C@@H](c3c[nH]c4ccccc34)N21. The first-order valence-electron chi connectivity index (χ1n) is 8.82. The number of nitrogens with zero attached hydrogens (tertiary/aromatic N) is 3. The molecule has 5 rings (SSSR count). The summed E-state index contributed by atoms with van der Waals surface area (Å²) >= 11 is 1.89. The van der Waals surface area contributed by atoms with Gasteiger partial charge in [0.05, 0.1) is 11.7 Å². The minimum absolute atomic E-state index is 0.0530. The van der Waals surface area contributed by atoms with Gasteiger partial charge in [0, 0.05) is 40.7 Å². The molecule has 25 heavy (non-hydrogen) atoms. The van der Waals surface area contributed by atoms with Crippen LogP contribution < -0.4 is 0 Å². The van der Waals surface area contributed by atoms with Crippen LogP contribution in [-0.4, -0.2) is 31.8 Å². The summed E-state index contributed by atoms with van der Waals surface area (Å²) in [4.78, 5) is 15.7. The van der Waals surface area contributed by atoms with E-state index in [9.17, 15) is 0 Å². The van der Waals surface area contributed by atoms with E-state index in [0.29, 0.717) is 6.04 Å². The Balaban J connectivity index is 1.67. The fourth-order valence-electron chi connectivity index (χ4n) is 4.03. The van der Waals surface area contributed by atoms with Gasteiger partial charge in [-0.15, -0.1) is 0 Å². The Hall–Kier alpha value is -2.27. The second kappa shape index (κ2) is 5.92. The van der Waals surface area contributed by atoms with Gasteiger partial charge < -0.3 is 9.88 Å². The van der Waals surface area contributed by atoms with Crippen LogP contribution in [0.5, 0.6) is 0 Å². The molecule has 0 bridgehead atoms. The summed E-state index contributed by atoms with van der Waals surface area (Å²) in [6, 6.07) is 15.5. The third kappa shape index (κ3) is 2.29. The number of aliphatic imine (C=N–C) groups is 1. The summed E-state index contributed by atoms with van der Waals surface area (Å²) < 4.78 is 0. The van der Waals surface area contributed by atoms with Crippen molar-refractivity contribution in [2.24, 2.45) is 4.99 Å². The predicted octanol–water partition coefficient (Wildman–Crippen LogP) is 4.54. The molecule has 2 aliphatic heterocycles. The van der Waals surface area contributed by atoms with E-state index in [2.05, 4.69) is 64.4 Å². The highest BCUT2D eigenvalue weighted by molar-refractivity contribution is 8.14. The van der Waals surface area contributed by atoms with Crippen LogP contribution in [0.2, 0.25) is 0 Å². The van der Waals surface area contributed by atoms with Crippen molar-refractivity contribution >= 4 is 27.8 Å². The number of aromatic amines is 1. The zero-order chi connectivity index (χ0) is 16.8. The molecule has 1 saturated heterocycles. The number of fused-ring (bicyclic) bond motifs is 2. The Morgan fingerprint density at radius 3 is 2.92 bits per heavy atom. The van der Waals surface area contributed by atoms with E-state index in [1.165, 1.54) is 21.6 Å². The Morgan fingerprint density at radius 1 is 1.20 bits per heavy atom. The number of benzene rings is 1. The monoisotopic (exact) mass is 348 g/mol. The van der Waals surface area contributed by atoms with Crippen LogP contribution in [0.1, 0.15) is 36.7 Å². The van der Waals surface area contributed by atoms with Crippen LogP contribution in [0, 0.1) is 0 Å². The van der Waals surface area contributed by atoms with Gasteiger partial charge in [0.2, 0.25) is 0 Å². The first-order valence-corrected chi connectivity index (χ1v) is 9.81. The van der Waals surface area contributed by atoms with E-state index in [0.717, 1.165) is 17.9 Å². The fourth-order valence-corrected chi connectivity index (χ4v) is 5.36. The van der Waals surface area contributed by atoms with E-state index in [4.69, 9.17) is 4.99 Å². The predicted molar refractivity (Wildman–Crippen MR) is 104 cm³/mol. The van der Waals surface area contributed by atoms with E-state index < -0.39 is 0 Å². The summed E-state index contributed by atoms with van der Waals surface area (Å²) in [5, 5.41) is 2.47. The highest BCUT2D eigenvalue weighted by Crippen LogP contribution is 2.49. The number of para-hydroxylation sites is 1. The van der Waals surface area contributed by atoms with Gasteiger partial charge in [-0.2, -0.15) is 0 Å². The molecule has 2 aromatic heterocycles. The van der Waals surface area contributed by atoms with Crippen LogP contribution in [0.15, 0.2) is 59.9 Å². The second-order valence-electron chi connectivity index (χ2n) is 6.63. The lowest BCUT2D eigenvalue weighted by Gasteiger charge is -2.31. The van der Waals surface area contributed by atoms with Crippen molar-refractivity contribution in [3.05, 3.63) is 66.1 Å². The van der Waals surface area contributed by atoms with Crippen LogP contribution >= 0.6 is 11.8 Å². The number of pyridine rings is 1. The molecule has 1 aromatic carbocycles. The molecular weight excluding hydrogens is 328 g/mol. The van der Waals surface area contributed by atoms with Gasteiger partial charge in [-0.05, 0) is 24.6 Å². The van der Waals surface area contributed by atoms with Crippen molar-refractivity contribution in [1.29, 1.82) is 0 Å². The van der Waals surface area contributed by atoms with Crippen LogP contribution in [0.3, 0.4) is 0 Å². The maximum Gasteiger partial charge on any atom is 0.160 e. The smallest absolute Gasteiger partial charge is 0.160 e. The molecule has 3 aromatic rings. The third-order valence-electron chi connectivity index (χ3n) is 5.27. The molecule has 4 nitrogen and oxygen atoms in total. The average Bonchev–Trinajstić information content (AvgIpc) is 3.35. The normalized spacial score (nSPS) is 25.4. The van der Waals surface area contributed by atoms with E-state index in [1.807, 2.05) is 24.0 Å². The molecule has 0 amide bonds. The number of aromatic nitrogens is 2. The van der Waals surface area contributed by atoms with Crippen molar-refractivity contribution in [3.8, 4) is 0 Å². The number of hydrogen-bond donors (Lipinski definition) is 1. The van der Waals surface area contributed by atoms with Crippen molar-refractivity contribution < 1.29 is 0 Å². The topological polar surface area (TPSA) is 44.3 Å². The van der Waals surface area contributed by atoms with Crippen molar-refractivity contribution in [2.45, 2.75) is 31.5 Å². The maximum absolute atomic E-state index is 5.09. The van der Waals surface area contributed by atoms with Gasteiger partial charge in [0.15, 0.2) is 5.17 Å². The van der Waals surface area contributed by atoms with Gasteiger partial charge in [-0.1, -0.05) is 43.0 Å². The molecule has 2 aliphatic rings. The number of H-pyrrole nitrogens is 1. The lowest BCUT2D eigenvalue weighted by atomic mass is 9.95. The minimum Gasteiger partial charge on any atom is -0.361 e. The summed E-state index contributed by atoms with van der Waals surface area (Å²) in [5.74, 6) is 1.13. The number of amidine groups is 1. The highest BCUT2D eigenvalue weighted by atomic mass is 32.2. The standard InChI is InChI=1S/C20H20N4S/c1-2-13-12-25-20-23-18(17-9-5-6-10-21-17)19(24(13)20)15-11-22-16-8-4-3-7-14(15)16/h3-11,13,18-19,22H,2,12H2,1H3/t13-,18+,19+/m0/s1. The van der Waals surface area contributed by atoms with Crippen LogP contribution in [-0.2, 0) is 0 Å². The second-order valence-corrected chi connectivity index (χ2v) is 7.61. The molecule has 0 unspecified atom stereocenters. The Bertz CT molecular complexity index is 933. The van der Waals surface area contributed by atoms with Crippen molar-refractivity contribution in [2.75, 3.05) is 5.75 Å². The lowest BCUT2D eigenvalue weighted by molar-refractivity contribution is 0.256. The van der Waals surface area contributed by atoms with Gasteiger partial charge in [0.25, 0.3) is 0 Å². The van der Waals surface area contributed by atoms with Crippen LogP contribution in [0.25, 0.3) is 10.9 Å². The first-order chi connectivity index (χ1) is 12.4. The summed E-state index contributed by atoms with van der Waals surface area (Å²) in [7, 11) is 0. The van der Waals surface area contributed by atoms with E-state index in [1.54, 1.807) is 0 Å². The number of rotatable bonds is 3. The summed E-state index contributed by atoms with van der Waals surface area (Å²) in [5.41, 5.74) is 3.56. The van der Waals surface area contributed by atoms with Gasteiger partial charge in [-0.3, -0.25) is 9.98 Å². The molecule has 1 N–H and O–H groups in total. The quantitative estimate of drug-likeness (QED) is 0.755. The summed E-state index contributed by atoms with van der Waals surface area (Å²) in [6.45, 7) is 2.27. The van der Waals surface area contributed by atoms with E-state index in [-0.39, 0.29) is 12.1 Å². The molecule has 0 radical (unpaired) electrons. The average molecular weight is 348 g/mol. The third-order valence-corrected chi connectivity index (χ3v) is 6.40. The molecule has 0 aliphatic carbocycles. The van der Waals surface area contributed by atoms with Crippen molar-refractivity contribution in [3.63, 3.8) is 0 Å². The van der Waals surface area contributed by atoms with Gasteiger partial charge in [-0.25, -0.2) is 0 Å². The van der Waals surface area contributed by atoms with E-state index >= 15 is 0 Å². The first kappa shape index (κ1) is 15.0. The highest BCUT2D eigenvalue weighted by Gasteiger charge is 2.46. The summed E-state index contributed by atoms with van der Waals surface area (Å²) in [6.07, 6.45) is 5.18. The van der Waals surface area contributed by atoms with Crippen molar-refractivity contribution in [1.82, 2.24) is 14.9 Å². The van der Waals surface area contributed by atoms with Gasteiger partial charge >= 0.3 is 0 Å². The molecular formula is C20H20N4S. The zero-order valence-corrected chi connectivity index (χ0v) is 14.9. The zero-order valence-electron chi connectivity index (χ0n) is 14.1. The Morgan fingerprint density at radius 2 is 2.08 bits per heavy atom. The largest absolute Gasteiger partial charge is 0.361 e. The molecule has 0 spiro atoms.